The third-order valence-corrected chi connectivity index (χ3v) is 4.67. The van der Waals surface area contributed by atoms with Gasteiger partial charge in [0.25, 0.3) is 5.56 Å². The fourth-order valence-electron chi connectivity index (χ4n) is 2.77. The molecule has 0 saturated carbocycles. The molecule has 1 amide bonds. The lowest BCUT2D eigenvalue weighted by molar-refractivity contribution is -0.121. The molecule has 0 spiro atoms. The molecule has 0 aliphatic carbocycles. The number of benzene rings is 2. The van der Waals surface area contributed by atoms with Crippen molar-refractivity contribution < 1.29 is 9.53 Å². The van der Waals surface area contributed by atoms with Gasteiger partial charge in [0.05, 0.1) is 12.8 Å². The van der Waals surface area contributed by atoms with Crippen LogP contribution >= 0.6 is 11.6 Å². The van der Waals surface area contributed by atoms with E-state index in [4.69, 9.17) is 16.3 Å². The molecule has 1 N–H and O–H groups in total. The summed E-state index contributed by atoms with van der Waals surface area (Å²) in [6, 6.07) is 16.6. The highest BCUT2D eigenvalue weighted by atomic mass is 35.5. The number of hydrogen-bond donors (Lipinski definition) is 1. The maximum Gasteiger partial charge on any atom is 0.273 e. The highest BCUT2D eigenvalue weighted by Gasteiger charge is 2.16. The number of nitrogens with zero attached hydrogens (tertiary/aromatic N) is 2. The molecule has 0 fully saturated rings. The number of carbonyl (C=O) groups is 1. The summed E-state index contributed by atoms with van der Waals surface area (Å²) in [5.74, 6) is 0.802. The molecule has 0 bridgehead atoms. The van der Waals surface area contributed by atoms with Crippen LogP contribution in [0.3, 0.4) is 0 Å². The second-order valence-corrected chi connectivity index (χ2v) is 6.60. The Balaban J connectivity index is 1.84. The zero-order valence-corrected chi connectivity index (χ0v) is 16.4. The van der Waals surface area contributed by atoms with Crippen LogP contribution in [0.25, 0.3) is 11.4 Å². The molecule has 2 aromatic carbocycles. The quantitative estimate of drug-likeness (QED) is 0.693. The summed E-state index contributed by atoms with van der Waals surface area (Å²) >= 11 is 6.09. The molecule has 0 saturated heterocycles. The second-order valence-electron chi connectivity index (χ2n) is 6.22. The molecule has 28 heavy (non-hydrogen) atoms. The van der Waals surface area contributed by atoms with Crippen molar-refractivity contribution in [3.05, 3.63) is 81.2 Å². The van der Waals surface area contributed by atoms with Crippen molar-refractivity contribution in [3.63, 3.8) is 0 Å². The monoisotopic (exact) mass is 397 g/mol. The van der Waals surface area contributed by atoms with E-state index in [-0.39, 0.29) is 17.5 Å². The van der Waals surface area contributed by atoms with Crippen LogP contribution in [0, 0.1) is 6.92 Å². The summed E-state index contributed by atoms with van der Waals surface area (Å²) in [6.45, 7) is 1.81. The van der Waals surface area contributed by atoms with E-state index in [0.717, 1.165) is 11.1 Å². The number of carbonyl (C=O) groups excluding carboxylic acids is 1. The number of aromatic nitrogens is 2. The molecule has 144 valence electrons. The number of halogens is 1. The van der Waals surface area contributed by atoms with Crippen LogP contribution in [-0.2, 0) is 17.9 Å². The summed E-state index contributed by atoms with van der Waals surface area (Å²) in [6.07, 6.45) is 0. The number of hydrogen-bond acceptors (Lipinski definition) is 4. The molecule has 6 nitrogen and oxygen atoms in total. The summed E-state index contributed by atoms with van der Waals surface area (Å²) in [7, 11) is 1.59. The summed E-state index contributed by atoms with van der Waals surface area (Å²) in [4.78, 5) is 29.6. The maximum absolute atomic E-state index is 12.7. The van der Waals surface area contributed by atoms with Crippen LogP contribution in [-0.4, -0.2) is 22.6 Å². The van der Waals surface area contributed by atoms with Crippen molar-refractivity contribution in [3.8, 4) is 17.1 Å². The van der Waals surface area contributed by atoms with Crippen molar-refractivity contribution in [2.45, 2.75) is 20.0 Å². The molecular formula is C21H20ClN3O3. The maximum atomic E-state index is 12.7. The molecule has 0 unspecified atom stereocenters. The van der Waals surface area contributed by atoms with E-state index >= 15 is 0 Å². The van der Waals surface area contributed by atoms with Crippen LogP contribution in [0.2, 0.25) is 5.02 Å². The Hall–Kier alpha value is -3.12. The van der Waals surface area contributed by atoms with Gasteiger partial charge in [-0.25, -0.2) is 4.98 Å². The zero-order chi connectivity index (χ0) is 20.1. The molecule has 3 rings (SSSR count). The molecule has 7 heteroatoms. The first-order chi connectivity index (χ1) is 13.5. The van der Waals surface area contributed by atoms with E-state index in [1.54, 1.807) is 14.0 Å². The van der Waals surface area contributed by atoms with Gasteiger partial charge in [0.1, 0.15) is 23.1 Å². The summed E-state index contributed by atoms with van der Waals surface area (Å²) < 4.78 is 6.48. The topological polar surface area (TPSA) is 73.2 Å². The Morgan fingerprint density at radius 2 is 1.93 bits per heavy atom. The Labute approximate surface area is 167 Å². The minimum Gasteiger partial charge on any atom is -0.497 e. The average Bonchev–Trinajstić information content (AvgIpc) is 2.73. The lowest BCUT2D eigenvalue weighted by atomic mass is 10.2. The number of aryl methyl sites for hydroxylation is 1. The Morgan fingerprint density at radius 3 is 2.64 bits per heavy atom. The normalized spacial score (nSPS) is 10.5. The first-order valence-corrected chi connectivity index (χ1v) is 9.09. The Morgan fingerprint density at radius 1 is 1.18 bits per heavy atom. The van der Waals surface area contributed by atoms with Crippen molar-refractivity contribution >= 4 is 17.5 Å². The average molecular weight is 398 g/mol. The fraction of sp³-hybridized carbons (Fsp3) is 0.190. The number of amides is 1. The Kier molecular flexibility index (Phi) is 6.11. The third kappa shape index (κ3) is 4.40. The number of ether oxygens (including phenoxy) is 1. The second kappa shape index (κ2) is 8.71. The fourth-order valence-corrected chi connectivity index (χ4v) is 2.92. The first-order valence-electron chi connectivity index (χ1n) is 8.71. The van der Waals surface area contributed by atoms with Crippen LogP contribution in [0.5, 0.6) is 5.75 Å². The van der Waals surface area contributed by atoms with Gasteiger partial charge in [-0.15, -0.1) is 0 Å². The molecule has 0 aliphatic heterocycles. The van der Waals surface area contributed by atoms with Gasteiger partial charge in [0.2, 0.25) is 5.91 Å². The van der Waals surface area contributed by atoms with E-state index in [9.17, 15) is 9.59 Å². The number of methoxy groups -OCH3 is 1. The number of nitrogens with one attached hydrogen (secondary N) is 1. The van der Waals surface area contributed by atoms with E-state index < -0.39 is 5.56 Å². The zero-order valence-electron chi connectivity index (χ0n) is 15.6. The van der Waals surface area contributed by atoms with Crippen LogP contribution < -0.4 is 15.6 Å². The molecule has 0 aliphatic rings. The highest BCUT2D eigenvalue weighted by Crippen LogP contribution is 2.18. The highest BCUT2D eigenvalue weighted by molar-refractivity contribution is 6.31. The van der Waals surface area contributed by atoms with Gasteiger partial charge < -0.3 is 10.1 Å². The van der Waals surface area contributed by atoms with E-state index in [2.05, 4.69) is 10.3 Å². The molecule has 0 radical (unpaired) electrons. The predicted octanol–water partition coefficient (Wildman–Crippen LogP) is 3.20. The van der Waals surface area contributed by atoms with Crippen molar-refractivity contribution in [2.24, 2.45) is 0 Å². The van der Waals surface area contributed by atoms with Crippen molar-refractivity contribution in [1.29, 1.82) is 0 Å². The van der Waals surface area contributed by atoms with Gasteiger partial charge in [0, 0.05) is 12.1 Å². The SMILES string of the molecule is COc1cccc(CNC(=O)Cn2c(-c3ccccc3)nc(C)c(Cl)c2=O)c1. The lowest BCUT2D eigenvalue weighted by Gasteiger charge is -2.14. The largest absolute Gasteiger partial charge is 0.497 e. The van der Waals surface area contributed by atoms with Gasteiger partial charge in [-0.05, 0) is 24.6 Å². The van der Waals surface area contributed by atoms with Gasteiger partial charge in [-0.1, -0.05) is 54.1 Å². The molecule has 3 aromatic rings. The van der Waals surface area contributed by atoms with Gasteiger partial charge in [-0.3, -0.25) is 14.2 Å². The molecule has 0 atom stereocenters. The van der Waals surface area contributed by atoms with Gasteiger partial charge in [-0.2, -0.15) is 0 Å². The predicted molar refractivity (Wildman–Crippen MR) is 109 cm³/mol. The Bertz CT molecular complexity index is 1050. The minimum absolute atomic E-state index is 0.0141. The molecule has 1 heterocycles. The smallest absolute Gasteiger partial charge is 0.273 e. The van der Waals surface area contributed by atoms with Crippen LogP contribution in [0.1, 0.15) is 11.3 Å². The van der Waals surface area contributed by atoms with Crippen LogP contribution in [0.15, 0.2) is 59.4 Å². The molecular weight excluding hydrogens is 378 g/mol. The summed E-state index contributed by atoms with van der Waals surface area (Å²) in [5.41, 5.74) is 1.62. The third-order valence-electron chi connectivity index (χ3n) is 4.24. The number of rotatable bonds is 6. The van der Waals surface area contributed by atoms with Crippen LogP contribution in [0.4, 0.5) is 0 Å². The van der Waals surface area contributed by atoms with Crippen molar-refractivity contribution in [2.75, 3.05) is 7.11 Å². The lowest BCUT2D eigenvalue weighted by Crippen LogP contribution is -2.34. The first kappa shape index (κ1) is 19.6. The standard InChI is InChI=1S/C21H20ClN3O3/c1-14-19(22)21(27)25(20(24-14)16-8-4-3-5-9-16)13-18(26)23-12-15-7-6-10-17(11-15)28-2/h3-11H,12-13H2,1-2H3,(H,23,26). The van der Waals surface area contributed by atoms with E-state index in [0.29, 0.717) is 23.8 Å². The van der Waals surface area contributed by atoms with Gasteiger partial charge in [0.15, 0.2) is 0 Å². The molecule has 1 aromatic heterocycles. The minimum atomic E-state index is -0.440. The van der Waals surface area contributed by atoms with Gasteiger partial charge >= 0.3 is 0 Å². The summed E-state index contributed by atoms with van der Waals surface area (Å²) in [5, 5.41) is 2.83. The van der Waals surface area contributed by atoms with E-state index in [1.165, 1.54) is 4.57 Å². The van der Waals surface area contributed by atoms with Crippen molar-refractivity contribution in [1.82, 2.24) is 14.9 Å². The van der Waals surface area contributed by atoms with E-state index in [1.807, 2.05) is 54.6 Å².